The van der Waals surface area contributed by atoms with Gasteiger partial charge in [-0.15, -0.1) is 0 Å². The number of hydrogen-bond donors (Lipinski definition) is 3. The van der Waals surface area contributed by atoms with Crippen LogP contribution in [0.2, 0.25) is 0 Å². The molecule has 0 saturated carbocycles. The van der Waals surface area contributed by atoms with Crippen LogP contribution in [0.3, 0.4) is 0 Å². The zero-order chi connectivity index (χ0) is 22.3. The molecule has 1 aromatic heterocycles. The second-order valence-corrected chi connectivity index (χ2v) is 6.97. The van der Waals surface area contributed by atoms with E-state index in [2.05, 4.69) is 20.5 Å². The fourth-order valence-corrected chi connectivity index (χ4v) is 3.20. The molecular formula is C25H19N5O2. The van der Waals surface area contributed by atoms with E-state index in [4.69, 9.17) is 0 Å². The first kappa shape index (κ1) is 20.7. The van der Waals surface area contributed by atoms with E-state index in [1.54, 1.807) is 18.3 Å². The van der Waals surface area contributed by atoms with Crippen molar-refractivity contribution in [3.63, 3.8) is 0 Å². The van der Waals surface area contributed by atoms with Crippen LogP contribution < -0.4 is 11.0 Å². The summed E-state index contributed by atoms with van der Waals surface area (Å²) in [5, 5.41) is 22.7. The molecule has 32 heavy (non-hydrogen) atoms. The quantitative estimate of drug-likeness (QED) is 0.323. The van der Waals surface area contributed by atoms with E-state index in [0.717, 1.165) is 22.3 Å². The molecule has 0 amide bonds. The van der Waals surface area contributed by atoms with E-state index in [0.29, 0.717) is 11.3 Å². The maximum Gasteiger partial charge on any atom is 0.270 e. The molecule has 0 saturated heterocycles. The summed E-state index contributed by atoms with van der Waals surface area (Å²) in [5.74, 6) is 0.139. The highest BCUT2D eigenvalue weighted by Gasteiger charge is 2.12. The average molecular weight is 421 g/mol. The second-order valence-electron chi connectivity index (χ2n) is 6.97. The van der Waals surface area contributed by atoms with E-state index in [-0.39, 0.29) is 18.1 Å². The number of rotatable bonds is 6. The molecule has 0 spiro atoms. The van der Waals surface area contributed by atoms with Crippen LogP contribution in [0.15, 0.2) is 88.8 Å². The van der Waals surface area contributed by atoms with Gasteiger partial charge in [-0.2, -0.15) is 10.4 Å². The second kappa shape index (κ2) is 9.51. The van der Waals surface area contributed by atoms with E-state index in [1.165, 1.54) is 0 Å². The summed E-state index contributed by atoms with van der Waals surface area (Å²) < 4.78 is 0. The first-order valence-electron chi connectivity index (χ1n) is 9.87. The van der Waals surface area contributed by atoms with Gasteiger partial charge in [0, 0.05) is 5.56 Å². The molecule has 156 valence electrons. The third kappa shape index (κ3) is 4.61. The summed E-state index contributed by atoms with van der Waals surface area (Å²) in [5.41, 5.74) is 6.85. The third-order valence-corrected chi connectivity index (χ3v) is 4.82. The number of H-pyrrole nitrogens is 1. The fraction of sp³-hybridized carbons (Fsp3) is 0.0400. The molecule has 0 bridgehead atoms. The molecule has 3 aromatic carbocycles. The lowest BCUT2D eigenvalue weighted by molar-refractivity contribution is 0.282. The number of nitrogens with zero attached hydrogens (tertiary/aromatic N) is 3. The molecule has 0 unspecified atom stereocenters. The first-order chi connectivity index (χ1) is 15.7. The third-order valence-electron chi connectivity index (χ3n) is 4.82. The number of anilines is 1. The predicted octanol–water partition coefficient (Wildman–Crippen LogP) is 3.91. The monoisotopic (exact) mass is 421 g/mol. The Labute approximate surface area is 184 Å². The van der Waals surface area contributed by atoms with Gasteiger partial charge in [0.15, 0.2) is 0 Å². The van der Waals surface area contributed by atoms with Crippen molar-refractivity contribution < 1.29 is 5.11 Å². The van der Waals surface area contributed by atoms with Gasteiger partial charge < -0.3 is 5.11 Å². The number of aromatic amines is 1. The fourth-order valence-electron chi connectivity index (χ4n) is 3.20. The molecule has 7 nitrogen and oxygen atoms in total. The Morgan fingerprint density at radius 2 is 1.75 bits per heavy atom. The van der Waals surface area contributed by atoms with Crippen LogP contribution in [0.5, 0.6) is 0 Å². The zero-order valence-electron chi connectivity index (χ0n) is 17.0. The van der Waals surface area contributed by atoms with Crippen LogP contribution in [0, 0.1) is 11.3 Å². The van der Waals surface area contributed by atoms with Gasteiger partial charge in [-0.25, -0.2) is 10.4 Å². The van der Waals surface area contributed by atoms with E-state index >= 15 is 0 Å². The van der Waals surface area contributed by atoms with Gasteiger partial charge in [-0.1, -0.05) is 72.8 Å². The van der Waals surface area contributed by atoms with Crippen molar-refractivity contribution in [3.8, 4) is 28.5 Å². The Bertz CT molecular complexity index is 1350. The van der Waals surface area contributed by atoms with Crippen molar-refractivity contribution in [1.29, 1.82) is 5.26 Å². The van der Waals surface area contributed by atoms with Gasteiger partial charge in [-0.05, 0) is 28.3 Å². The molecule has 4 aromatic rings. The lowest BCUT2D eigenvalue weighted by Crippen LogP contribution is -2.16. The smallest absolute Gasteiger partial charge is 0.270 e. The number of nitrogens with one attached hydrogen (secondary N) is 2. The lowest BCUT2D eigenvalue weighted by Gasteiger charge is -2.06. The largest absolute Gasteiger partial charge is 0.392 e. The standard InChI is InChI=1S/C25H19N5O2/c26-14-22-23(20-6-2-1-3-7-20)28-25(29-24(22)32)30-27-15-18-5-4-8-21(13-18)19-11-9-17(16-31)10-12-19/h1-13,15,31H,16H2,(H2,28,29,30,32). The molecular weight excluding hydrogens is 402 g/mol. The maximum absolute atomic E-state index is 12.3. The number of aromatic nitrogens is 2. The molecule has 0 atom stereocenters. The minimum Gasteiger partial charge on any atom is -0.392 e. The molecule has 0 aliphatic rings. The van der Waals surface area contributed by atoms with Gasteiger partial charge in [0.2, 0.25) is 5.95 Å². The Hall–Kier alpha value is -4.54. The highest BCUT2D eigenvalue weighted by Crippen LogP contribution is 2.21. The minimum absolute atomic E-state index is 0.0100. The zero-order valence-corrected chi connectivity index (χ0v) is 17.0. The van der Waals surface area contributed by atoms with Crippen LogP contribution in [0.1, 0.15) is 16.7 Å². The summed E-state index contributed by atoms with van der Waals surface area (Å²) in [6.45, 7) is 0.0100. The van der Waals surface area contributed by atoms with Crippen molar-refractivity contribution in [1.82, 2.24) is 9.97 Å². The van der Waals surface area contributed by atoms with Gasteiger partial charge >= 0.3 is 0 Å². The first-order valence-corrected chi connectivity index (χ1v) is 9.87. The summed E-state index contributed by atoms with van der Waals surface area (Å²) >= 11 is 0. The topological polar surface area (TPSA) is 114 Å². The van der Waals surface area contributed by atoms with E-state index in [9.17, 15) is 15.2 Å². The van der Waals surface area contributed by atoms with Crippen LogP contribution >= 0.6 is 0 Å². The van der Waals surface area contributed by atoms with Crippen molar-refractivity contribution in [2.45, 2.75) is 6.61 Å². The average Bonchev–Trinajstić information content (AvgIpc) is 2.84. The molecule has 0 fully saturated rings. The predicted molar refractivity (Wildman–Crippen MR) is 124 cm³/mol. The molecule has 1 heterocycles. The van der Waals surface area contributed by atoms with Crippen LogP contribution in [0.25, 0.3) is 22.4 Å². The van der Waals surface area contributed by atoms with Crippen LogP contribution in [-0.4, -0.2) is 21.3 Å². The van der Waals surface area contributed by atoms with Gasteiger partial charge in [-0.3, -0.25) is 9.78 Å². The minimum atomic E-state index is -0.535. The SMILES string of the molecule is N#Cc1c(-c2ccccc2)nc(NN=Cc2cccc(-c3ccc(CO)cc3)c2)[nH]c1=O. The summed E-state index contributed by atoms with van der Waals surface area (Å²) in [6, 6.07) is 26.4. The van der Waals surface area contributed by atoms with Crippen molar-refractivity contribution >= 4 is 12.2 Å². The Morgan fingerprint density at radius 1 is 1.00 bits per heavy atom. The van der Waals surface area contributed by atoms with Crippen LogP contribution in [0.4, 0.5) is 5.95 Å². The molecule has 0 aliphatic heterocycles. The van der Waals surface area contributed by atoms with Crippen molar-refractivity contribution in [3.05, 3.63) is 106 Å². The van der Waals surface area contributed by atoms with Gasteiger partial charge in [0.1, 0.15) is 11.6 Å². The normalized spacial score (nSPS) is 10.8. The Morgan fingerprint density at radius 3 is 2.47 bits per heavy atom. The van der Waals surface area contributed by atoms with Crippen molar-refractivity contribution in [2.75, 3.05) is 5.43 Å². The number of benzene rings is 3. The molecule has 0 aliphatic carbocycles. The van der Waals surface area contributed by atoms with E-state index < -0.39 is 5.56 Å². The number of aliphatic hydroxyl groups is 1. The Balaban J connectivity index is 1.56. The molecule has 3 N–H and O–H groups in total. The van der Waals surface area contributed by atoms with Crippen LogP contribution in [-0.2, 0) is 6.61 Å². The highest BCUT2D eigenvalue weighted by molar-refractivity contribution is 5.83. The van der Waals surface area contributed by atoms with Gasteiger partial charge in [0.05, 0.1) is 18.5 Å². The highest BCUT2D eigenvalue weighted by atomic mass is 16.3. The summed E-state index contributed by atoms with van der Waals surface area (Å²) in [7, 11) is 0. The number of hydrazone groups is 1. The molecule has 0 radical (unpaired) electrons. The Kier molecular flexibility index (Phi) is 6.16. The van der Waals surface area contributed by atoms with Crippen molar-refractivity contribution in [2.24, 2.45) is 5.10 Å². The number of hydrogen-bond acceptors (Lipinski definition) is 6. The number of aliphatic hydroxyl groups excluding tert-OH is 1. The van der Waals surface area contributed by atoms with E-state index in [1.807, 2.05) is 72.8 Å². The molecule has 7 heteroatoms. The lowest BCUT2D eigenvalue weighted by atomic mass is 10.0. The maximum atomic E-state index is 12.3. The number of nitriles is 1. The summed E-state index contributed by atoms with van der Waals surface area (Å²) in [6.07, 6.45) is 1.62. The molecule has 4 rings (SSSR count). The van der Waals surface area contributed by atoms with Gasteiger partial charge in [0.25, 0.3) is 5.56 Å². The summed E-state index contributed by atoms with van der Waals surface area (Å²) in [4.78, 5) is 19.2.